The lowest BCUT2D eigenvalue weighted by atomic mass is 10.1. The van der Waals surface area contributed by atoms with Crippen LogP contribution in [0, 0.1) is 0 Å². The minimum atomic E-state index is 0.0363. The SMILES string of the molecule is COc1cc(C(=O)N2CC[NH+](C3CCCCCC3)CC2)cc(OC)c1OC. The molecule has 1 saturated heterocycles. The van der Waals surface area contributed by atoms with Gasteiger partial charge in [-0.2, -0.15) is 0 Å². The molecule has 1 aliphatic heterocycles. The molecule has 1 N–H and O–H groups in total. The Morgan fingerprint density at radius 3 is 1.96 bits per heavy atom. The summed E-state index contributed by atoms with van der Waals surface area (Å²) in [6, 6.07) is 4.27. The van der Waals surface area contributed by atoms with Crippen LogP contribution in [0.3, 0.4) is 0 Å². The Bertz CT molecular complexity index is 608. The quantitative estimate of drug-likeness (QED) is 0.795. The number of hydrogen-bond acceptors (Lipinski definition) is 4. The Labute approximate surface area is 162 Å². The number of rotatable bonds is 5. The van der Waals surface area contributed by atoms with E-state index in [-0.39, 0.29) is 5.91 Å². The summed E-state index contributed by atoms with van der Waals surface area (Å²) in [4.78, 5) is 16.7. The summed E-state index contributed by atoms with van der Waals surface area (Å²) in [5.74, 6) is 1.58. The first-order chi connectivity index (χ1) is 13.2. The van der Waals surface area contributed by atoms with Crippen molar-refractivity contribution < 1.29 is 23.9 Å². The first-order valence-corrected chi connectivity index (χ1v) is 10.1. The van der Waals surface area contributed by atoms with Crippen molar-refractivity contribution in [1.29, 1.82) is 0 Å². The van der Waals surface area contributed by atoms with Crippen LogP contribution < -0.4 is 19.1 Å². The lowest BCUT2D eigenvalue weighted by molar-refractivity contribution is -0.929. The van der Waals surface area contributed by atoms with Gasteiger partial charge in [-0.25, -0.2) is 0 Å². The largest absolute Gasteiger partial charge is 0.493 e. The second-order valence-corrected chi connectivity index (χ2v) is 7.55. The molecule has 0 bridgehead atoms. The summed E-state index contributed by atoms with van der Waals surface area (Å²) in [6.07, 6.45) is 8.18. The summed E-state index contributed by atoms with van der Waals surface area (Å²) >= 11 is 0. The number of ether oxygens (including phenoxy) is 3. The molecule has 1 amide bonds. The monoisotopic (exact) mass is 377 g/mol. The molecule has 27 heavy (non-hydrogen) atoms. The zero-order valence-corrected chi connectivity index (χ0v) is 16.9. The van der Waals surface area contributed by atoms with Crippen molar-refractivity contribution in [1.82, 2.24) is 4.90 Å². The highest BCUT2D eigenvalue weighted by Gasteiger charge is 2.30. The van der Waals surface area contributed by atoms with Crippen LogP contribution in [0.4, 0.5) is 0 Å². The van der Waals surface area contributed by atoms with Crippen molar-refractivity contribution in [2.24, 2.45) is 0 Å². The van der Waals surface area contributed by atoms with Gasteiger partial charge in [0.2, 0.25) is 5.75 Å². The Hall–Kier alpha value is -1.95. The third-order valence-electron chi connectivity index (χ3n) is 6.04. The maximum atomic E-state index is 13.0. The Morgan fingerprint density at radius 2 is 1.48 bits per heavy atom. The number of nitrogens with zero attached hydrogens (tertiary/aromatic N) is 1. The lowest BCUT2D eigenvalue weighted by Gasteiger charge is -2.36. The molecule has 6 heteroatoms. The fourth-order valence-corrected chi connectivity index (χ4v) is 4.48. The predicted molar refractivity (Wildman–Crippen MR) is 104 cm³/mol. The molecule has 1 aliphatic carbocycles. The van der Waals surface area contributed by atoms with Crippen molar-refractivity contribution in [3.8, 4) is 17.2 Å². The van der Waals surface area contributed by atoms with Gasteiger partial charge in [-0.15, -0.1) is 0 Å². The zero-order chi connectivity index (χ0) is 19.2. The average molecular weight is 378 g/mol. The number of amides is 1. The van der Waals surface area contributed by atoms with E-state index in [9.17, 15) is 4.79 Å². The molecule has 6 nitrogen and oxygen atoms in total. The lowest BCUT2D eigenvalue weighted by Crippen LogP contribution is -3.18. The molecule has 1 heterocycles. The maximum Gasteiger partial charge on any atom is 0.254 e. The van der Waals surface area contributed by atoms with Gasteiger partial charge in [0, 0.05) is 5.56 Å². The minimum Gasteiger partial charge on any atom is -0.493 e. The molecule has 3 rings (SSSR count). The van der Waals surface area contributed by atoms with E-state index in [1.54, 1.807) is 38.4 Å². The highest BCUT2D eigenvalue weighted by Crippen LogP contribution is 2.38. The average Bonchev–Trinajstić information content (AvgIpc) is 3.01. The van der Waals surface area contributed by atoms with Crippen LogP contribution in [0.15, 0.2) is 12.1 Å². The molecule has 2 fully saturated rings. The highest BCUT2D eigenvalue weighted by molar-refractivity contribution is 5.95. The second kappa shape index (κ2) is 9.31. The summed E-state index contributed by atoms with van der Waals surface area (Å²) in [5.41, 5.74) is 0.586. The number of piperazine rings is 1. The van der Waals surface area contributed by atoms with E-state index in [2.05, 4.69) is 0 Å². The molecule has 0 atom stereocenters. The Kier molecular flexibility index (Phi) is 6.83. The molecule has 0 spiro atoms. The highest BCUT2D eigenvalue weighted by atomic mass is 16.5. The number of carbonyl (C=O) groups excluding carboxylic acids is 1. The first kappa shape index (κ1) is 19.8. The van der Waals surface area contributed by atoms with Crippen LogP contribution in [-0.4, -0.2) is 64.4 Å². The van der Waals surface area contributed by atoms with Crippen molar-refractivity contribution in [3.05, 3.63) is 17.7 Å². The van der Waals surface area contributed by atoms with Gasteiger partial charge >= 0.3 is 0 Å². The minimum absolute atomic E-state index is 0.0363. The summed E-state index contributed by atoms with van der Waals surface area (Å²) in [7, 11) is 4.71. The van der Waals surface area contributed by atoms with Crippen molar-refractivity contribution in [3.63, 3.8) is 0 Å². The molecule has 1 aromatic carbocycles. The van der Waals surface area contributed by atoms with Crippen LogP contribution in [0.25, 0.3) is 0 Å². The number of nitrogens with one attached hydrogen (secondary N) is 1. The van der Waals surface area contributed by atoms with Gasteiger partial charge in [-0.05, 0) is 37.8 Å². The van der Waals surface area contributed by atoms with Crippen LogP contribution in [0.1, 0.15) is 48.9 Å². The smallest absolute Gasteiger partial charge is 0.254 e. The van der Waals surface area contributed by atoms with E-state index in [0.29, 0.717) is 22.8 Å². The number of methoxy groups -OCH3 is 3. The molecule has 1 saturated carbocycles. The molecule has 1 aromatic rings. The van der Waals surface area contributed by atoms with Gasteiger partial charge in [0.05, 0.1) is 53.6 Å². The topological polar surface area (TPSA) is 52.4 Å². The Morgan fingerprint density at radius 1 is 0.926 bits per heavy atom. The molecule has 0 radical (unpaired) electrons. The number of quaternary nitrogens is 1. The van der Waals surface area contributed by atoms with E-state index in [1.165, 1.54) is 38.5 Å². The van der Waals surface area contributed by atoms with Crippen LogP contribution >= 0.6 is 0 Å². The standard InChI is InChI=1S/C21H32N2O4/c1-25-18-14-16(15-19(26-2)20(18)27-3)21(24)23-12-10-22(11-13-23)17-8-6-4-5-7-9-17/h14-15,17H,4-13H2,1-3H3/p+1. The number of benzene rings is 1. The molecule has 2 aliphatic rings. The van der Waals surface area contributed by atoms with E-state index in [0.717, 1.165) is 32.2 Å². The van der Waals surface area contributed by atoms with Gasteiger partial charge < -0.3 is 24.0 Å². The van der Waals surface area contributed by atoms with Gasteiger partial charge in [-0.3, -0.25) is 4.79 Å². The summed E-state index contributed by atoms with van der Waals surface area (Å²) in [5, 5.41) is 0. The second-order valence-electron chi connectivity index (χ2n) is 7.55. The molecule has 150 valence electrons. The number of hydrogen-bond donors (Lipinski definition) is 1. The molecule has 0 unspecified atom stereocenters. The van der Waals surface area contributed by atoms with Crippen LogP contribution in [-0.2, 0) is 0 Å². The third kappa shape index (κ3) is 4.49. The number of carbonyl (C=O) groups is 1. The maximum absolute atomic E-state index is 13.0. The fraction of sp³-hybridized carbons (Fsp3) is 0.667. The van der Waals surface area contributed by atoms with Gasteiger partial charge in [0.25, 0.3) is 5.91 Å². The van der Waals surface area contributed by atoms with Crippen LogP contribution in [0.5, 0.6) is 17.2 Å². The van der Waals surface area contributed by atoms with Gasteiger partial charge in [-0.1, -0.05) is 12.8 Å². The summed E-state index contributed by atoms with van der Waals surface area (Å²) < 4.78 is 16.1. The van der Waals surface area contributed by atoms with E-state index < -0.39 is 0 Å². The van der Waals surface area contributed by atoms with Gasteiger partial charge in [0.1, 0.15) is 0 Å². The van der Waals surface area contributed by atoms with E-state index in [1.807, 2.05) is 4.90 Å². The van der Waals surface area contributed by atoms with Crippen molar-refractivity contribution >= 4 is 5.91 Å². The third-order valence-corrected chi connectivity index (χ3v) is 6.04. The molecule has 0 aromatic heterocycles. The van der Waals surface area contributed by atoms with Gasteiger partial charge in [0.15, 0.2) is 11.5 Å². The van der Waals surface area contributed by atoms with Crippen LogP contribution in [0.2, 0.25) is 0 Å². The normalized spacial score (nSPS) is 19.4. The zero-order valence-electron chi connectivity index (χ0n) is 16.9. The fourth-order valence-electron chi connectivity index (χ4n) is 4.48. The molecular weight excluding hydrogens is 344 g/mol. The molecular formula is C21H33N2O4+. The van der Waals surface area contributed by atoms with E-state index >= 15 is 0 Å². The van der Waals surface area contributed by atoms with E-state index in [4.69, 9.17) is 14.2 Å². The van der Waals surface area contributed by atoms with Crippen molar-refractivity contribution in [2.45, 2.75) is 44.6 Å². The predicted octanol–water partition coefficient (Wildman–Crippen LogP) is 1.78. The summed E-state index contributed by atoms with van der Waals surface area (Å²) in [6.45, 7) is 3.70. The van der Waals surface area contributed by atoms with Crippen molar-refractivity contribution in [2.75, 3.05) is 47.5 Å². The first-order valence-electron chi connectivity index (χ1n) is 10.1. The Balaban J connectivity index is 1.67.